The van der Waals surface area contributed by atoms with Crippen molar-refractivity contribution in [2.75, 3.05) is 40.5 Å². The summed E-state index contributed by atoms with van der Waals surface area (Å²) >= 11 is 0. The summed E-state index contributed by atoms with van der Waals surface area (Å²) in [5.74, 6) is -3.06. The molecule has 0 radical (unpaired) electrons. The molecule has 4 N–H and O–H groups in total. The number of nitrogens with zero attached hydrogens (tertiary/aromatic N) is 2. The summed E-state index contributed by atoms with van der Waals surface area (Å²) in [5.41, 5.74) is 0.351. The molecule has 2 aromatic carbocycles. The standard InChI is InChI=1S/C31H40N4O9/c1-19-26(29(37)38)27(20-9-8-10-21(15-20)35(40)41)28(30(39)43-5)23(34-19)13-14-32-18-31(2,3)33-16-22(36)17-44-25-12-7-6-11-24(25)42-4/h6-12,15,22,26-27,32-33,36H,13-14,16-18H2,1-5H3,(H,37,38). The number of hydrogen-bond acceptors (Lipinski definition) is 11. The highest BCUT2D eigenvalue weighted by Crippen LogP contribution is 2.41. The van der Waals surface area contributed by atoms with Crippen molar-refractivity contribution in [3.63, 3.8) is 0 Å². The van der Waals surface area contributed by atoms with Crippen LogP contribution in [0.15, 0.2) is 64.8 Å². The molecule has 0 aromatic heterocycles. The number of aliphatic carboxylic acids is 1. The number of β-amino-alcohol motifs (C(OH)–C–C–N with tert-alkyl or cyclic N) is 1. The SMILES string of the molecule is COC(=O)C1=C(CCNCC(C)(C)NCC(O)COc2ccccc2OC)N=C(C)C(C(=O)O)C1c1cccc([N+](=O)[O-])c1. The molecular formula is C31H40N4O9. The minimum absolute atomic E-state index is 0.0587. The largest absolute Gasteiger partial charge is 0.493 e. The van der Waals surface area contributed by atoms with Crippen LogP contribution in [0.4, 0.5) is 5.69 Å². The Hall–Kier alpha value is -4.33. The molecule has 1 aliphatic rings. The molecule has 0 spiro atoms. The highest BCUT2D eigenvalue weighted by atomic mass is 16.6. The van der Waals surface area contributed by atoms with Gasteiger partial charge >= 0.3 is 11.9 Å². The van der Waals surface area contributed by atoms with Crippen LogP contribution in [0.25, 0.3) is 0 Å². The molecule has 0 saturated heterocycles. The van der Waals surface area contributed by atoms with E-state index in [0.29, 0.717) is 35.8 Å². The Kier molecular flexibility index (Phi) is 12.0. The average molecular weight is 613 g/mol. The minimum Gasteiger partial charge on any atom is -0.493 e. The Balaban J connectivity index is 1.67. The summed E-state index contributed by atoms with van der Waals surface area (Å²) in [6.07, 6.45) is -0.509. The maximum atomic E-state index is 13.0. The first-order valence-corrected chi connectivity index (χ1v) is 14.1. The Bertz CT molecular complexity index is 1410. The third-order valence-corrected chi connectivity index (χ3v) is 7.25. The number of aliphatic hydroxyl groups is 1. The lowest BCUT2D eigenvalue weighted by molar-refractivity contribution is -0.384. The minimum atomic E-state index is -1.20. The number of para-hydroxylation sites is 2. The van der Waals surface area contributed by atoms with E-state index < -0.39 is 40.3 Å². The van der Waals surface area contributed by atoms with E-state index in [1.54, 1.807) is 32.2 Å². The molecule has 1 aliphatic heterocycles. The van der Waals surface area contributed by atoms with Crippen molar-refractivity contribution in [2.24, 2.45) is 10.9 Å². The zero-order chi connectivity index (χ0) is 32.4. The predicted molar refractivity (Wildman–Crippen MR) is 163 cm³/mol. The number of carbonyl (C=O) groups excluding carboxylic acids is 1. The van der Waals surface area contributed by atoms with E-state index in [4.69, 9.17) is 14.2 Å². The maximum Gasteiger partial charge on any atom is 0.336 e. The third-order valence-electron chi connectivity index (χ3n) is 7.25. The van der Waals surface area contributed by atoms with E-state index in [0.717, 1.165) is 0 Å². The lowest BCUT2D eigenvalue weighted by Crippen LogP contribution is -2.51. The van der Waals surface area contributed by atoms with Gasteiger partial charge in [0.2, 0.25) is 0 Å². The topological polar surface area (TPSA) is 182 Å². The highest BCUT2D eigenvalue weighted by molar-refractivity contribution is 6.06. The van der Waals surface area contributed by atoms with Gasteiger partial charge < -0.3 is 35.1 Å². The van der Waals surface area contributed by atoms with Crippen molar-refractivity contribution < 1.29 is 38.9 Å². The van der Waals surface area contributed by atoms with Crippen LogP contribution in [0.3, 0.4) is 0 Å². The zero-order valence-electron chi connectivity index (χ0n) is 25.5. The summed E-state index contributed by atoms with van der Waals surface area (Å²) in [6.45, 7) is 6.71. The molecule has 0 aliphatic carbocycles. The van der Waals surface area contributed by atoms with Gasteiger partial charge in [-0.3, -0.25) is 19.9 Å². The molecule has 13 nitrogen and oxygen atoms in total. The van der Waals surface area contributed by atoms with E-state index in [1.165, 1.54) is 25.3 Å². The Labute approximate surface area is 256 Å². The van der Waals surface area contributed by atoms with Gasteiger partial charge in [0.15, 0.2) is 11.5 Å². The van der Waals surface area contributed by atoms with Crippen molar-refractivity contribution in [1.82, 2.24) is 10.6 Å². The van der Waals surface area contributed by atoms with E-state index in [-0.39, 0.29) is 36.5 Å². The van der Waals surface area contributed by atoms with Crippen LogP contribution in [0.1, 0.15) is 38.7 Å². The lowest BCUT2D eigenvalue weighted by Gasteiger charge is -2.31. The van der Waals surface area contributed by atoms with Crippen LogP contribution < -0.4 is 20.1 Å². The number of esters is 1. The summed E-state index contributed by atoms with van der Waals surface area (Å²) < 4.78 is 16.0. The second-order valence-corrected chi connectivity index (χ2v) is 11.1. The van der Waals surface area contributed by atoms with Gasteiger partial charge in [0, 0.05) is 55.4 Å². The zero-order valence-corrected chi connectivity index (χ0v) is 25.5. The normalized spacial score (nSPS) is 17.5. The molecule has 0 fully saturated rings. The highest BCUT2D eigenvalue weighted by Gasteiger charge is 2.42. The van der Waals surface area contributed by atoms with Crippen molar-refractivity contribution in [3.05, 3.63) is 75.5 Å². The van der Waals surface area contributed by atoms with Crippen LogP contribution in [-0.4, -0.2) is 84.9 Å². The monoisotopic (exact) mass is 612 g/mol. The molecular weight excluding hydrogens is 572 g/mol. The van der Waals surface area contributed by atoms with Gasteiger partial charge in [-0.2, -0.15) is 0 Å². The van der Waals surface area contributed by atoms with Crippen LogP contribution in [0, 0.1) is 16.0 Å². The van der Waals surface area contributed by atoms with E-state index in [9.17, 15) is 29.9 Å². The van der Waals surface area contributed by atoms with Crippen LogP contribution in [0.5, 0.6) is 11.5 Å². The number of carboxylic acids is 1. The fraction of sp³-hybridized carbons (Fsp3) is 0.452. The third kappa shape index (κ3) is 8.85. The first kappa shape index (κ1) is 34.2. The number of methoxy groups -OCH3 is 2. The number of hydrogen-bond donors (Lipinski definition) is 4. The smallest absolute Gasteiger partial charge is 0.336 e. The van der Waals surface area contributed by atoms with E-state index in [2.05, 4.69) is 15.6 Å². The van der Waals surface area contributed by atoms with Gasteiger partial charge in [-0.05, 0) is 38.5 Å². The molecule has 2 aromatic rings. The predicted octanol–water partition coefficient (Wildman–Crippen LogP) is 3.08. The quantitative estimate of drug-likeness (QED) is 0.0946. The molecule has 3 unspecified atom stereocenters. The maximum absolute atomic E-state index is 13.0. The van der Waals surface area contributed by atoms with Crippen molar-refractivity contribution in [3.8, 4) is 11.5 Å². The molecule has 3 atom stereocenters. The first-order valence-electron chi connectivity index (χ1n) is 14.1. The second-order valence-electron chi connectivity index (χ2n) is 11.1. The van der Waals surface area contributed by atoms with Crippen molar-refractivity contribution in [2.45, 2.75) is 44.8 Å². The molecule has 13 heteroatoms. The number of carbonyl (C=O) groups is 2. The molecule has 3 rings (SSSR count). The van der Waals surface area contributed by atoms with Crippen LogP contribution >= 0.6 is 0 Å². The summed E-state index contributed by atoms with van der Waals surface area (Å²) in [4.78, 5) is 40.7. The summed E-state index contributed by atoms with van der Waals surface area (Å²) in [6, 6.07) is 12.8. The number of benzene rings is 2. The number of nitro benzene ring substituents is 1. The number of nitro groups is 1. The van der Waals surface area contributed by atoms with Crippen LogP contribution in [-0.2, 0) is 14.3 Å². The van der Waals surface area contributed by atoms with Gasteiger partial charge in [0.25, 0.3) is 5.69 Å². The number of nitrogens with one attached hydrogen (secondary N) is 2. The number of non-ortho nitro benzene ring substituents is 1. The van der Waals surface area contributed by atoms with E-state index in [1.807, 2.05) is 26.0 Å². The molecule has 238 valence electrons. The molecule has 1 heterocycles. The fourth-order valence-electron chi connectivity index (χ4n) is 5.03. The Morgan fingerprint density at radius 2 is 1.84 bits per heavy atom. The average Bonchev–Trinajstić information content (AvgIpc) is 3.00. The number of carboxylic acid groups (broad SMARTS) is 1. The van der Waals surface area contributed by atoms with Crippen LogP contribution in [0.2, 0.25) is 0 Å². The molecule has 0 bridgehead atoms. The number of aliphatic imine (C=N–C) groups is 1. The fourth-order valence-corrected chi connectivity index (χ4v) is 5.03. The van der Waals surface area contributed by atoms with Crippen molar-refractivity contribution >= 4 is 23.3 Å². The van der Waals surface area contributed by atoms with Gasteiger partial charge in [-0.25, -0.2) is 4.79 Å². The Morgan fingerprint density at radius 1 is 1.14 bits per heavy atom. The van der Waals surface area contributed by atoms with E-state index >= 15 is 0 Å². The number of ether oxygens (including phenoxy) is 3. The van der Waals surface area contributed by atoms with Gasteiger partial charge in [0.1, 0.15) is 18.6 Å². The Morgan fingerprint density at radius 3 is 2.48 bits per heavy atom. The lowest BCUT2D eigenvalue weighted by atomic mass is 9.75. The van der Waals surface area contributed by atoms with Gasteiger partial charge in [-0.15, -0.1) is 0 Å². The molecule has 44 heavy (non-hydrogen) atoms. The number of rotatable bonds is 16. The molecule has 0 saturated carbocycles. The van der Waals surface area contributed by atoms with Gasteiger partial charge in [-0.1, -0.05) is 24.3 Å². The summed E-state index contributed by atoms with van der Waals surface area (Å²) in [7, 11) is 2.74. The van der Waals surface area contributed by atoms with Gasteiger partial charge in [0.05, 0.1) is 30.4 Å². The first-order chi connectivity index (χ1) is 20.9. The summed E-state index contributed by atoms with van der Waals surface area (Å²) in [5, 5.41) is 38.5. The number of aliphatic hydroxyl groups excluding tert-OH is 1. The molecule has 0 amide bonds. The van der Waals surface area contributed by atoms with Crippen molar-refractivity contribution in [1.29, 1.82) is 0 Å². The second kappa shape index (κ2) is 15.4.